The van der Waals surface area contributed by atoms with E-state index >= 15 is 0 Å². The van der Waals surface area contributed by atoms with E-state index in [1.165, 1.54) is 0 Å². The number of esters is 1. The van der Waals surface area contributed by atoms with Crippen molar-refractivity contribution in [3.8, 4) is 0 Å². The minimum absolute atomic E-state index is 0.226. The average molecular weight is 162 g/mol. The van der Waals surface area contributed by atoms with Crippen molar-refractivity contribution in [3.63, 3.8) is 0 Å². The standard InChI is InChI=1S/C7H14O4/c1-5(2)7(10)11-6(3-8)4-9/h5-6,8-9H,3-4H2,1-2H3. The van der Waals surface area contributed by atoms with Crippen molar-refractivity contribution < 1.29 is 19.7 Å². The summed E-state index contributed by atoms with van der Waals surface area (Å²) in [5, 5.41) is 17.0. The Bertz CT molecular complexity index is 118. The highest BCUT2D eigenvalue weighted by Gasteiger charge is 2.14. The van der Waals surface area contributed by atoms with Crippen LogP contribution in [0.1, 0.15) is 13.8 Å². The summed E-state index contributed by atoms with van der Waals surface area (Å²) in [6, 6.07) is 0. The summed E-state index contributed by atoms with van der Waals surface area (Å²) in [6.45, 7) is 2.70. The molecule has 0 amide bonds. The Balaban J connectivity index is 3.72. The Kier molecular flexibility index (Phi) is 4.81. The number of hydrogen-bond acceptors (Lipinski definition) is 4. The molecule has 0 bridgehead atoms. The van der Waals surface area contributed by atoms with Gasteiger partial charge in [-0.25, -0.2) is 0 Å². The first-order chi connectivity index (χ1) is 5.11. The van der Waals surface area contributed by atoms with Gasteiger partial charge in [0, 0.05) is 0 Å². The molecule has 0 aliphatic rings. The van der Waals surface area contributed by atoms with Crippen molar-refractivity contribution >= 4 is 5.97 Å². The highest BCUT2D eigenvalue weighted by atomic mass is 16.6. The van der Waals surface area contributed by atoms with Crippen LogP contribution >= 0.6 is 0 Å². The van der Waals surface area contributed by atoms with Crippen LogP contribution in [0.5, 0.6) is 0 Å². The van der Waals surface area contributed by atoms with Crippen LogP contribution in [0, 0.1) is 5.92 Å². The van der Waals surface area contributed by atoms with Gasteiger partial charge in [0.05, 0.1) is 19.1 Å². The Hall–Kier alpha value is -0.610. The zero-order valence-electron chi connectivity index (χ0n) is 6.78. The molecule has 0 aliphatic carbocycles. The van der Waals surface area contributed by atoms with Crippen molar-refractivity contribution in [2.24, 2.45) is 5.92 Å². The van der Waals surface area contributed by atoms with E-state index in [1.807, 2.05) is 0 Å². The highest BCUT2D eigenvalue weighted by molar-refractivity contribution is 5.71. The molecule has 0 atom stereocenters. The molecule has 2 N–H and O–H groups in total. The fourth-order valence-corrected chi connectivity index (χ4v) is 0.433. The number of ether oxygens (including phenoxy) is 1. The minimum atomic E-state index is -0.773. The van der Waals surface area contributed by atoms with E-state index in [0.717, 1.165) is 0 Å². The van der Waals surface area contributed by atoms with Crippen LogP contribution in [-0.2, 0) is 9.53 Å². The van der Waals surface area contributed by atoms with Crippen molar-refractivity contribution in [2.45, 2.75) is 20.0 Å². The summed E-state index contributed by atoms with van der Waals surface area (Å²) in [5.74, 6) is -0.631. The first-order valence-corrected chi connectivity index (χ1v) is 3.54. The quantitative estimate of drug-likeness (QED) is 0.549. The van der Waals surface area contributed by atoms with Gasteiger partial charge in [0.15, 0.2) is 0 Å². The maximum Gasteiger partial charge on any atom is 0.308 e. The minimum Gasteiger partial charge on any atom is -0.457 e. The van der Waals surface area contributed by atoms with Crippen molar-refractivity contribution in [2.75, 3.05) is 13.2 Å². The number of aliphatic hydroxyl groups excluding tert-OH is 2. The van der Waals surface area contributed by atoms with E-state index in [2.05, 4.69) is 4.74 Å². The third-order valence-corrected chi connectivity index (χ3v) is 1.16. The fraction of sp³-hybridized carbons (Fsp3) is 0.857. The topological polar surface area (TPSA) is 66.8 Å². The molecule has 0 heterocycles. The van der Waals surface area contributed by atoms with Crippen LogP contribution < -0.4 is 0 Å². The summed E-state index contributed by atoms with van der Waals surface area (Å²) in [4.78, 5) is 10.8. The lowest BCUT2D eigenvalue weighted by Gasteiger charge is -2.13. The van der Waals surface area contributed by atoms with Crippen LogP contribution in [0.25, 0.3) is 0 Å². The molecule has 0 aromatic rings. The second kappa shape index (κ2) is 5.09. The number of hydrogen-bond donors (Lipinski definition) is 2. The number of carbonyl (C=O) groups is 1. The number of carbonyl (C=O) groups excluding carboxylic acids is 1. The molecule has 0 rings (SSSR count). The molecule has 0 aliphatic heterocycles. The largest absolute Gasteiger partial charge is 0.457 e. The van der Waals surface area contributed by atoms with Gasteiger partial charge in [-0.05, 0) is 0 Å². The van der Waals surface area contributed by atoms with Gasteiger partial charge in [0.2, 0.25) is 0 Å². The number of aliphatic hydroxyl groups is 2. The fourth-order valence-electron chi connectivity index (χ4n) is 0.433. The van der Waals surface area contributed by atoms with E-state index < -0.39 is 12.1 Å². The van der Waals surface area contributed by atoms with Crippen molar-refractivity contribution in [3.05, 3.63) is 0 Å². The Morgan fingerprint density at radius 1 is 1.36 bits per heavy atom. The molecule has 0 spiro atoms. The van der Waals surface area contributed by atoms with E-state index in [0.29, 0.717) is 0 Å². The summed E-state index contributed by atoms with van der Waals surface area (Å²) in [5.41, 5.74) is 0. The molecule has 0 saturated heterocycles. The van der Waals surface area contributed by atoms with Crippen LogP contribution in [0.4, 0.5) is 0 Å². The Morgan fingerprint density at radius 3 is 2.09 bits per heavy atom. The summed E-state index contributed by atoms with van der Waals surface area (Å²) in [7, 11) is 0. The molecular formula is C7H14O4. The van der Waals surface area contributed by atoms with E-state index in [1.54, 1.807) is 13.8 Å². The third-order valence-electron chi connectivity index (χ3n) is 1.16. The van der Waals surface area contributed by atoms with Crippen LogP contribution in [0.3, 0.4) is 0 Å². The second-order valence-corrected chi connectivity index (χ2v) is 2.58. The van der Waals surface area contributed by atoms with Gasteiger partial charge in [-0.3, -0.25) is 4.79 Å². The maximum absolute atomic E-state index is 10.8. The Morgan fingerprint density at radius 2 is 1.82 bits per heavy atom. The molecule has 0 radical (unpaired) electrons. The first kappa shape index (κ1) is 10.4. The van der Waals surface area contributed by atoms with E-state index in [-0.39, 0.29) is 19.1 Å². The monoisotopic (exact) mass is 162 g/mol. The van der Waals surface area contributed by atoms with Crippen LogP contribution in [-0.4, -0.2) is 35.5 Å². The molecular weight excluding hydrogens is 148 g/mol. The normalized spacial score (nSPS) is 10.7. The molecule has 11 heavy (non-hydrogen) atoms. The van der Waals surface area contributed by atoms with Gasteiger partial charge >= 0.3 is 5.97 Å². The number of rotatable bonds is 4. The lowest BCUT2D eigenvalue weighted by atomic mass is 10.2. The third kappa shape index (κ3) is 3.95. The van der Waals surface area contributed by atoms with E-state index in [4.69, 9.17) is 10.2 Å². The SMILES string of the molecule is CC(C)C(=O)OC(CO)CO. The lowest BCUT2D eigenvalue weighted by molar-refractivity contribution is -0.157. The second-order valence-electron chi connectivity index (χ2n) is 2.58. The lowest BCUT2D eigenvalue weighted by Crippen LogP contribution is -2.27. The predicted molar refractivity (Wildman–Crippen MR) is 38.9 cm³/mol. The van der Waals surface area contributed by atoms with Gasteiger partial charge in [-0.15, -0.1) is 0 Å². The molecule has 0 unspecified atom stereocenters. The summed E-state index contributed by atoms with van der Waals surface area (Å²) < 4.78 is 4.67. The zero-order valence-corrected chi connectivity index (χ0v) is 6.78. The van der Waals surface area contributed by atoms with Gasteiger partial charge in [-0.1, -0.05) is 13.8 Å². The molecule has 4 heteroatoms. The summed E-state index contributed by atoms with van der Waals surface area (Å²) >= 11 is 0. The van der Waals surface area contributed by atoms with Crippen molar-refractivity contribution in [1.82, 2.24) is 0 Å². The molecule has 0 saturated carbocycles. The van der Waals surface area contributed by atoms with E-state index in [9.17, 15) is 4.79 Å². The molecule has 0 aromatic heterocycles. The average Bonchev–Trinajstić information content (AvgIpc) is 1.99. The van der Waals surface area contributed by atoms with Crippen LogP contribution in [0.2, 0.25) is 0 Å². The van der Waals surface area contributed by atoms with Gasteiger partial charge in [0.25, 0.3) is 0 Å². The van der Waals surface area contributed by atoms with Gasteiger partial charge < -0.3 is 14.9 Å². The Labute approximate surface area is 65.8 Å². The highest BCUT2D eigenvalue weighted by Crippen LogP contribution is 1.99. The first-order valence-electron chi connectivity index (χ1n) is 3.54. The zero-order chi connectivity index (χ0) is 8.85. The van der Waals surface area contributed by atoms with Crippen LogP contribution in [0.15, 0.2) is 0 Å². The smallest absolute Gasteiger partial charge is 0.308 e. The summed E-state index contributed by atoms with van der Waals surface area (Å²) in [6.07, 6.45) is -0.773. The molecule has 4 nitrogen and oxygen atoms in total. The molecule has 0 fully saturated rings. The maximum atomic E-state index is 10.8. The molecule has 0 aromatic carbocycles. The predicted octanol–water partition coefficient (Wildman–Crippen LogP) is -0.461. The van der Waals surface area contributed by atoms with Gasteiger partial charge in [0.1, 0.15) is 6.10 Å². The molecule has 66 valence electrons. The van der Waals surface area contributed by atoms with Gasteiger partial charge in [-0.2, -0.15) is 0 Å². The van der Waals surface area contributed by atoms with Crippen molar-refractivity contribution in [1.29, 1.82) is 0 Å².